The van der Waals surface area contributed by atoms with Crippen LogP contribution in [0.5, 0.6) is 0 Å². The molecule has 11 nitrogen and oxygen atoms in total. The molecule has 152 valence electrons. The summed E-state index contributed by atoms with van der Waals surface area (Å²) < 4.78 is 10.2. The second-order valence-corrected chi connectivity index (χ2v) is 5.70. The van der Waals surface area contributed by atoms with Crippen LogP contribution in [-0.4, -0.2) is 56.8 Å². The van der Waals surface area contributed by atoms with Crippen LogP contribution in [0.3, 0.4) is 0 Å². The lowest BCUT2D eigenvalue weighted by atomic mass is 10.1. The zero-order valence-electron chi connectivity index (χ0n) is 15.9. The molecule has 1 atom stereocenters. The number of ether oxygens (including phenoxy) is 2. The number of rotatable bonds is 4. The Bertz CT molecular complexity index is 1030. The lowest BCUT2D eigenvalue weighted by Crippen LogP contribution is -2.13. The van der Waals surface area contributed by atoms with Crippen LogP contribution in [0, 0.1) is 0 Å². The summed E-state index contributed by atoms with van der Waals surface area (Å²) in [6.07, 6.45) is 1.17. The quantitative estimate of drug-likeness (QED) is 0.606. The van der Waals surface area contributed by atoms with Crippen LogP contribution in [-0.2, 0) is 9.47 Å². The summed E-state index contributed by atoms with van der Waals surface area (Å²) in [5.74, 6) is -2.26. The fraction of sp³-hybridized carbons (Fsp3) is 0.222. The van der Waals surface area contributed by atoms with E-state index in [4.69, 9.17) is 10.8 Å². The van der Waals surface area contributed by atoms with E-state index < -0.39 is 11.9 Å². The standard InChI is InChI=1S/C10H13NO2.C8H6N4O4/c1-7(11)8-3-5-9(6-4-8)10(12)13-2;1-16-7(15)5-2-4(6(13)14)11-8-9-3-10-12(5)8/h3-7H,11H2,1-2H3;2-3H,1H3,(H,13,14)/t7-;/m1./s1. The lowest BCUT2D eigenvalue weighted by molar-refractivity contribution is 0.0585. The van der Waals surface area contributed by atoms with Gasteiger partial charge in [-0.05, 0) is 24.6 Å². The average molecular weight is 401 g/mol. The first-order valence-corrected chi connectivity index (χ1v) is 8.24. The fourth-order valence-corrected chi connectivity index (χ4v) is 2.21. The van der Waals surface area contributed by atoms with Crippen molar-refractivity contribution in [1.29, 1.82) is 0 Å². The third kappa shape index (κ3) is 5.11. The molecule has 11 heteroatoms. The molecular formula is C18H19N5O6. The normalized spacial score (nSPS) is 11.2. The van der Waals surface area contributed by atoms with Crippen LogP contribution in [0.15, 0.2) is 36.7 Å². The van der Waals surface area contributed by atoms with Crippen molar-refractivity contribution in [1.82, 2.24) is 19.6 Å². The number of nitrogens with zero attached hydrogens (tertiary/aromatic N) is 4. The molecule has 0 amide bonds. The van der Waals surface area contributed by atoms with Gasteiger partial charge in [0.05, 0.1) is 19.8 Å². The van der Waals surface area contributed by atoms with Crippen LogP contribution in [0.1, 0.15) is 49.9 Å². The van der Waals surface area contributed by atoms with Crippen molar-refractivity contribution in [3.8, 4) is 0 Å². The molecule has 1 aromatic carbocycles. The minimum absolute atomic E-state index is 0.00769. The summed E-state index contributed by atoms with van der Waals surface area (Å²) in [5, 5.41) is 12.5. The van der Waals surface area contributed by atoms with E-state index in [9.17, 15) is 14.4 Å². The Morgan fingerprint density at radius 1 is 1.10 bits per heavy atom. The van der Waals surface area contributed by atoms with Gasteiger partial charge in [-0.2, -0.15) is 14.6 Å². The molecule has 3 N–H and O–H groups in total. The molecule has 0 radical (unpaired) electrons. The maximum atomic E-state index is 11.4. The molecule has 0 bridgehead atoms. The number of carboxylic acid groups (broad SMARTS) is 1. The zero-order chi connectivity index (χ0) is 21.6. The van der Waals surface area contributed by atoms with Gasteiger partial charge in [-0.25, -0.2) is 19.4 Å². The van der Waals surface area contributed by atoms with Crippen LogP contribution in [0.4, 0.5) is 0 Å². The first kappa shape index (κ1) is 21.4. The highest BCUT2D eigenvalue weighted by Gasteiger charge is 2.17. The van der Waals surface area contributed by atoms with Gasteiger partial charge in [0.15, 0.2) is 11.4 Å². The molecule has 2 aromatic heterocycles. The van der Waals surface area contributed by atoms with Gasteiger partial charge in [-0.1, -0.05) is 12.1 Å². The fourth-order valence-electron chi connectivity index (χ4n) is 2.21. The average Bonchev–Trinajstić information content (AvgIpc) is 3.21. The van der Waals surface area contributed by atoms with E-state index >= 15 is 0 Å². The minimum atomic E-state index is -1.25. The van der Waals surface area contributed by atoms with E-state index in [0.717, 1.165) is 16.1 Å². The molecule has 0 spiro atoms. The second-order valence-electron chi connectivity index (χ2n) is 5.70. The van der Waals surface area contributed by atoms with Crippen molar-refractivity contribution in [2.75, 3.05) is 14.2 Å². The van der Waals surface area contributed by atoms with E-state index in [-0.39, 0.29) is 29.2 Å². The number of hydrogen-bond donors (Lipinski definition) is 2. The molecule has 0 aliphatic heterocycles. The molecule has 0 unspecified atom stereocenters. The Hall–Kier alpha value is -3.86. The molecular weight excluding hydrogens is 382 g/mol. The highest BCUT2D eigenvalue weighted by atomic mass is 16.5. The Labute approximate surface area is 165 Å². The van der Waals surface area contributed by atoms with E-state index in [1.807, 2.05) is 19.1 Å². The second kappa shape index (κ2) is 9.37. The monoisotopic (exact) mass is 401 g/mol. The number of fused-ring (bicyclic) bond motifs is 1. The van der Waals surface area contributed by atoms with E-state index in [1.54, 1.807) is 12.1 Å². The summed E-state index contributed by atoms with van der Waals surface area (Å²) in [6, 6.07) is 8.16. The third-order valence-corrected chi connectivity index (χ3v) is 3.72. The summed E-state index contributed by atoms with van der Waals surface area (Å²) in [5.41, 5.74) is 6.88. The van der Waals surface area contributed by atoms with Gasteiger partial charge >= 0.3 is 17.9 Å². The van der Waals surface area contributed by atoms with Crippen molar-refractivity contribution in [3.05, 3.63) is 59.2 Å². The van der Waals surface area contributed by atoms with Gasteiger partial charge in [-0.15, -0.1) is 0 Å². The Morgan fingerprint density at radius 3 is 2.24 bits per heavy atom. The Kier molecular flexibility index (Phi) is 6.93. The van der Waals surface area contributed by atoms with E-state index in [1.165, 1.54) is 20.5 Å². The third-order valence-electron chi connectivity index (χ3n) is 3.72. The van der Waals surface area contributed by atoms with Gasteiger partial charge in [0.2, 0.25) is 0 Å². The first-order chi connectivity index (χ1) is 13.8. The summed E-state index contributed by atoms with van der Waals surface area (Å²) >= 11 is 0. The summed E-state index contributed by atoms with van der Waals surface area (Å²) in [4.78, 5) is 40.6. The van der Waals surface area contributed by atoms with Crippen molar-refractivity contribution in [2.45, 2.75) is 13.0 Å². The number of hydrogen-bond acceptors (Lipinski definition) is 9. The number of carboxylic acids is 1. The predicted octanol–water partition coefficient (Wildman–Crippen LogP) is 1.10. The summed E-state index contributed by atoms with van der Waals surface area (Å²) in [6.45, 7) is 1.90. The number of aromatic carboxylic acids is 1. The number of carbonyl (C=O) groups is 3. The molecule has 0 saturated heterocycles. The number of aromatic nitrogens is 4. The molecule has 2 heterocycles. The molecule has 0 saturated carbocycles. The number of nitrogens with two attached hydrogens (primary N) is 1. The smallest absolute Gasteiger partial charge is 0.356 e. The highest BCUT2D eigenvalue weighted by molar-refractivity contribution is 5.92. The lowest BCUT2D eigenvalue weighted by Gasteiger charge is -2.05. The van der Waals surface area contributed by atoms with Crippen LogP contribution in [0.25, 0.3) is 5.78 Å². The van der Waals surface area contributed by atoms with E-state index in [2.05, 4.69) is 24.5 Å². The van der Waals surface area contributed by atoms with Crippen LogP contribution in [0.2, 0.25) is 0 Å². The molecule has 3 rings (SSSR count). The SMILES string of the molecule is COC(=O)c1cc(C(=O)O)nc2ncnn12.COC(=O)c1ccc([C@@H](C)N)cc1. The van der Waals surface area contributed by atoms with E-state index in [0.29, 0.717) is 5.56 Å². The Morgan fingerprint density at radius 2 is 1.72 bits per heavy atom. The maximum absolute atomic E-state index is 11.4. The van der Waals surface area contributed by atoms with Crippen molar-refractivity contribution >= 4 is 23.7 Å². The van der Waals surface area contributed by atoms with Gasteiger partial charge in [-0.3, -0.25) is 0 Å². The zero-order valence-corrected chi connectivity index (χ0v) is 15.9. The number of carbonyl (C=O) groups excluding carboxylic acids is 2. The highest BCUT2D eigenvalue weighted by Crippen LogP contribution is 2.11. The van der Waals surface area contributed by atoms with Gasteiger partial charge < -0.3 is 20.3 Å². The van der Waals surface area contributed by atoms with Crippen LogP contribution >= 0.6 is 0 Å². The first-order valence-electron chi connectivity index (χ1n) is 8.24. The largest absolute Gasteiger partial charge is 0.477 e. The number of benzene rings is 1. The topological polar surface area (TPSA) is 159 Å². The van der Waals surface area contributed by atoms with Crippen molar-refractivity contribution in [3.63, 3.8) is 0 Å². The minimum Gasteiger partial charge on any atom is -0.477 e. The molecule has 0 aliphatic carbocycles. The predicted molar refractivity (Wildman–Crippen MR) is 99.5 cm³/mol. The van der Waals surface area contributed by atoms with Gasteiger partial charge in [0.1, 0.15) is 6.33 Å². The van der Waals surface area contributed by atoms with Gasteiger partial charge in [0, 0.05) is 12.1 Å². The van der Waals surface area contributed by atoms with Crippen molar-refractivity contribution < 1.29 is 29.0 Å². The van der Waals surface area contributed by atoms with Crippen LogP contribution < -0.4 is 5.73 Å². The van der Waals surface area contributed by atoms with Gasteiger partial charge in [0.25, 0.3) is 5.78 Å². The maximum Gasteiger partial charge on any atom is 0.356 e. The molecule has 0 aliphatic rings. The molecule has 0 fully saturated rings. The van der Waals surface area contributed by atoms with Crippen molar-refractivity contribution in [2.24, 2.45) is 5.73 Å². The number of esters is 2. The number of methoxy groups -OCH3 is 2. The Balaban J connectivity index is 0.000000212. The molecule has 3 aromatic rings. The molecule has 29 heavy (non-hydrogen) atoms. The summed E-state index contributed by atoms with van der Waals surface area (Å²) in [7, 11) is 2.55.